The Kier molecular flexibility index (Phi) is 3.15. The molecule has 0 radical (unpaired) electrons. The van der Waals surface area contributed by atoms with Crippen LogP contribution in [0, 0.1) is 24.4 Å². The molecule has 0 aliphatic carbocycles. The van der Waals surface area contributed by atoms with Gasteiger partial charge in [-0.05, 0) is 25.1 Å². The Bertz CT molecular complexity index is 551. The van der Waals surface area contributed by atoms with Crippen molar-refractivity contribution in [2.45, 2.75) is 12.3 Å². The number of furan rings is 1. The van der Waals surface area contributed by atoms with E-state index < -0.39 is 22.8 Å². The number of alkyl halides is 1. The second-order valence-electron chi connectivity index (χ2n) is 3.60. The predicted molar refractivity (Wildman–Crippen MR) is 57.5 cm³/mol. The lowest BCUT2D eigenvalue weighted by Crippen LogP contribution is -1.99. The molecule has 0 N–H and O–H groups in total. The highest BCUT2D eigenvalue weighted by Gasteiger charge is 2.20. The van der Waals surface area contributed by atoms with Crippen LogP contribution in [0.15, 0.2) is 28.7 Å². The molecule has 0 aliphatic rings. The number of hydrogen-bond acceptors (Lipinski definition) is 1. The Labute approximate surface area is 101 Å². The molecule has 1 aromatic heterocycles. The molecule has 2 rings (SSSR count). The zero-order valence-corrected chi connectivity index (χ0v) is 9.56. The Morgan fingerprint density at radius 3 is 2.29 bits per heavy atom. The lowest BCUT2D eigenvalue weighted by Gasteiger charge is -2.08. The van der Waals surface area contributed by atoms with E-state index in [9.17, 15) is 13.2 Å². The zero-order valence-electron chi connectivity index (χ0n) is 8.81. The summed E-state index contributed by atoms with van der Waals surface area (Å²) in [5.41, 5.74) is -0.153. The first-order chi connectivity index (χ1) is 7.99. The molecular weight excluding hydrogens is 253 g/mol. The van der Waals surface area contributed by atoms with Gasteiger partial charge in [0.1, 0.15) is 22.7 Å². The Morgan fingerprint density at radius 1 is 1.06 bits per heavy atom. The molecule has 17 heavy (non-hydrogen) atoms. The summed E-state index contributed by atoms with van der Waals surface area (Å²) in [6.07, 6.45) is 0. The van der Waals surface area contributed by atoms with Gasteiger partial charge in [-0.25, -0.2) is 13.2 Å². The molecule has 0 saturated heterocycles. The average Bonchev–Trinajstić information content (AvgIpc) is 2.69. The van der Waals surface area contributed by atoms with E-state index in [0.717, 1.165) is 6.07 Å². The topological polar surface area (TPSA) is 13.1 Å². The predicted octanol–water partition coefficient (Wildman–Crippen LogP) is 4.33. The van der Waals surface area contributed by atoms with Gasteiger partial charge in [-0.3, -0.25) is 0 Å². The van der Waals surface area contributed by atoms with E-state index in [2.05, 4.69) is 0 Å². The third-order valence-electron chi connectivity index (χ3n) is 2.32. The van der Waals surface area contributed by atoms with Crippen LogP contribution in [0.4, 0.5) is 13.2 Å². The van der Waals surface area contributed by atoms with Crippen LogP contribution in [0.3, 0.4) is 0 Å². The maximum Gasteiger partial charge on any atom is 0.161 e. The monoisotopic (exact) mass is 260 g/mol. The number of aryl methyl sites for hydroxylation is 1. The molecule has 0 spiro atoms. The fraction of sp³-hybridized carbons (Fsp3) is 0.167. The lowest BCUT2D eigenvalue weighted by molar-refractivity contribution is 0.472. The number of hydrogen-bond donors (Lipinski definition) is 0. The van der Waals surface area contributed by atoms with Gasteiger partial charge >= 0.3 is 0 Å². The van der Waals surface area contributed by atoms with Crippen LogP contribution in [-0.4, -0.2) is 0 Å². The summed E-state index contributed by atoms with van der Waals surface area (Å²) in [5.74, 6) is -2.40. The highest BCUT2D eigenvalue weighted by molar-refractivity contribution is 6.22. The van der Waals surface area contributed by atoms with Crippen LogP contribution in [0.25, 0.3) is 0 Å². The molecule has 5 heteroatoms. The maximum absolute atomic E-state index is 13.4. The second kappa shape index (κ2) is 4.45. The fourth-order valence-corrected chi connectivity index (χ4v) is 1.76. The highest BCUT2D eigenvalue weighted by atomic mass is 35.5. The molecule has 0 amide bonds. The molecule has 1 aromatic carbocycles. The standard InChI is InChI=1S/C12H8ClF3O/c1-6-2-3-11(17-6)12(13)7-4-9(15)10(16)5-8(7)14/h2-5,12H,1H3. The molecule has 0 aliphatic heterocycles. The van der Waals surface area contributed by atoms with Crippen molar-refractivity contribution >= 4 is 11.6 Å². The van der Waals surface area contributed by atoms with Gasteiger partial charge in [0.2, 0.25) is 0 Å². The Balaban J connectivity index is 2.43. The molecule has 1 atom stereocenters. The molecule has 0 saturated carbocycles. The van der Waals surface area contributed by atoms with Gasteiger partial charge < -0.3 is 4.42 Å². The van der Waals surface area contributed by atoms with Crippen molar-refractivity contribution in [3.63, 3.8) is 0 Å². The number of benzene rings is 1. The van der Waals surface area contributed by atoms with Gasteiger partial charge in [0.25, 0.3) is 0 Å². The quantitative estimate of drug-likeness (QED) is 0.578. The molecule has 0 bridgehead atoms. The van der Waals surface area contributed by atoms with E-state index in [1.165, 1.54) is 0 Å². The van der Waals surface area contributed by atoms with Gasteiger partial charge in [0, 0.05) is 11.6 Å². The molecule has 2 aromatic rings. The van der Waals surface area contributed by atoms with Crippen LogP contribution in [0.1, 0.15) is 22.5 Å². The average molecular weight is 261 g/mol. The normalized spacial score (nSPS) is 12.8. The maximum atomic E-state index is 13.4. The van der Waals surface area contributed by atoms with E-state index in [-0.39, 0.29) is 11.3 Å². The zero-order chi connectivity index (χ0) is 12.6. The van der Waals surface area contributed by atoms with Gasteiger partial charge in [-0.1, -0.05) is 0 Å². The Hall–Kier alpha value is -1.42. The molecule has 1 nitrogen and oxygen atoms in total. The van der Waals surface area contributed by atoms with Gasteiger partial charge in [-0.15, -0.1) is 11.6 Å². The van der Waals surface area contributed by atoms with Crippen molar-refractivity contribution in [3.05, 3.63) is 58.8 Å². The van der Waals surface area contributed by atoms with Crippen LogP contribution in [0.2, 0.25) is 0 Å². The summed E-state index contributed by atoms with van der Waals surface area (Å²) < 4.78 is 44.4. The van der Waals surface area contributed by atoms with Crippen molar-refractivity contribution < 1.29 is 17.6 Å². The van der Waals surface area contributed by atoms with Crippen LogP contribution >= 0.6 is 11.6 Å². The largest absolute Gasteiger partial charge is 0.464 e. The third-order valence-corrected chi connectivity index (χ3v) is 2.77. The third kappa shape index (κ3) is 2.31. The minimum atomic E-state index is -1.24. The summed E-state index contributed by atoms with van der Waals surface area (Å²) in [6, 6.07) is 4.42. The minimum absolute atomic E-state index is 0.153. The van der Waals surface area contributed by atoms with Crippen LogP contribution in [-0.2, 0) is 0 Å². The summed E-state index contributed by atoms with van der Waals surface area (Å²) in [5, 5.41) is -0.987. The first kappa shape index (κ1) is 12.0. The number of rotatable bonds is 2. The number of halogens is 4. The van der Waals surface area contributed by atoms with E-state index in [4.69, 9.17) is 16.0 Å². The first-order valence-corrected chi connectivity index (χ1v) is 5.27. The van der Waals surface area contributed by atoms with Gasteiger partial charge in [0.15, 0.2) is 11.6 Å². The highest BCUT2D eigenvalue weighted by Crippen LogP contribution is 2.32. The summed E-state index contributed by atoms with van der Waals surface area (Å²) in [6.45, 7) is 1.70. The van der Waals surface area contributed by atoms with Crippen molar-refractivity contribution in [2.24, 2.45) is 0 Å². The lowest BCUT2D eigenvalue weighted by atomic mass is 10.1. The summed E-state index contributed by atoms with van der Waals surface area (Å²) >= 11 is 5.95. The van der Waals surface area contributed by atoms with Crippen molar-refractivity contribution in [1.29, 1.82) is 0 Å². The van der Waals surface area contributed by atoms with Gasteiger partial charge in [-0.2, -0.15) is 0 Å². The second-order valence-corrected chi connectivity index (χ2v) is 4.04. The minimum Gasteiger partial charge on any atom is -0.464 e. The molecular formula is C12H8ClF3O. The summed E-state index contributed by atoms with van der Waals surface area (Å²) in [4.78, 5) is 0. The van der Waals surface area contributed by atoms with E-state index in [0.29, 0.717) is 11.8 Å². The van der Waals surface area contributed by atoms with E-state index in [1.807, 2.05) is 0 Å². The van der Waals surface area contributed by atoms with Gasteiger partial charge in [0.05, 0.1) is 0 Å². The van der Waals surface area contributed by atoms with Crippen molar-refractivity contribution in [1.82, 2.24) is 0 Å². The SMILES string of the molecule is Cc1ccc(C(Cl)c2cc(F)c(F)cc2F)o1. The fourth-order valence-electron chi connectivity index (χ4n) is 1.48. The first-order valence-electron chi connectivity index (χ1n) is 4.84. The molecule has 0 fully saturated rings. The van der Waals surface area contributed by atoms with Crippen LogP contribution in [0.5, 0.6) is 0 Å². The molecule has 1 unspecified atom stereocenters. The molecule has 1 heterocycles. The summed E-state index contributed by atoms with van der Waals surface area (Å²) in [7, 11) is 0. The van der Waals surface area contributed by atoms with Crippen molar-refractivity contribution in [3.8, 4) is 0 Å². The molecule has 90 valence electrons. The Morgan fingerprint density at radius 2 is 1.71 bits per heavy atom. The van der Waals surface area contributed by atoms with Crippen LogP contribution < -0.4 is 0 Å². The van der Waals surface area contributed by atoms with Crippen molar-refractivity contribution in [2.75, 3.05) is 0 Å². The van der Waals surface area contributed by atoms with E-state index >= 15 is 0 Å². The van der Waals surface area contributed by atoms with E-state index in [1.54, 1.807) is 19.1 Å². The smallest absolute Gasteiger partial charge is 0.161 e.